The van der Waals surface area contributed by atoms with E-state index in [-0.39, 0.29) is 11.3 Å². The number of aromatic nitrogens is 1. The first kappa shape index (κ1) is 17.1. The van der Waals surface area contributed by atoms with Gasteiger partial charge in [-0.05, 0) is 52.4 Å². The monoisotopic (exact) mass is 293 g/mol. The summed E-state index contributed by atoms with van der Waals surface area (Å²) in [5, 5.41) is 11.7. The highest BCUT2D eigenvalue weighted by atomic mass is 16.4. The van der Waals surface area contributed by atoms with E-state index >= 15 is 0 Å². The van der Waals surface area contributed by atoms with Gasteiger partial charge in [-0.2, -0.15) is 0 Å². The van der Waals surface area contributed by atoms with Gasteiger partial charge in [-0.1, -0.05) is 0 Å². The number of carbonyl (C=O) groups excluding carboxylic acids is 1. The van der Waals surface area contributed by atoms with Crippen LogP contribution in [0.2, 0.25) is 0 Å². The van der Waals surface area contributed by atoms with Crippen LogP contribution in [-0.4, -0.2) is 53.0 Å². The number of nitrogens with zero attached hydrogens (tertiary/aromatic N) is 2. The van der Waals surface area contributed by atoms with Crippen molar-refractivity contribution in [1.82, 2.24) is 15.2 Å². The predicted molar refractivity (Wildman–Crippen MR) is 80.5 cm³/mol. The lowest BCUT2D eigenvalue weighted by Gasteiger charge is -2.20. The van der Waals surface area contributed by atoms with E-state index in [1.54, 1.807) is 0 Å². The number of aromatic carboxylic acids is 1. The molecule has 0 radical (unpaired) electrons. The topological polar surface area (TPSA) is 82.5 Å². The number of nitrogens with one attached hydrogen (secondary N) is 1. The smallest absolute Gasteiger partial charge is 0.338 e. The van der Waals surface area contributed by atoms with Crippen LogP contribution in [0.1, 0.15) is 47.5 Å². The van der Waals surface area contributed by atoms with Crippen molar-refractivity contribution in [3.63, 3.8) is 0 Å². The molecule has 6 heteroatoms. The van der Waals surface area contributed by atoms with Gasteiger partial charge in [0.25, 0.3) is 5.91 Å². The minimum absolute atomic E-state index is 0.0377. The lowest BCUT2D eigenvalue weighted by atomic mass is 10.2. The van der Waals surface area contributed by atoms with Crippen molar-refractivity contribution in [2.75, 3.05) is 20.1 Å². The van der Waals surface area contributed by atoms with Crippen LogP contribution in [0.5, 0.6) is 0 Å². The molecule has 0 fully saturated rings. The number of amides is 1. The SMILES string of the molecule is CC(C)N(C)CCCCNC(=O)c1ncccc1C(=O)O. The molecule has 0 aliphatic heterocycles. The molecule has 6 nitrogen and oxygen atoms in total. The number of carboxylic acid groups (broad SMARTS) is 1. The van der Waals surface area contributed by atoms with Crippen LogP contribution in [0.3, 0.4) is 0 Å². The van der Waals surface area contributed by atoms with E-state index in [0.29, 0.717) is 12.6 Å². The summed E-state index contributed by atoms with van der Waals surface area (Å²) < 4.78 is 0. The Kier molecular flexibility index (Phi) is 6.81. The summed E-state index contributed by atoms with van der Waals surface area (Å²) in [7, 11) is 2.07. The first-order valence-corrected chi connectivity index (χ1v) is 7.10. The standard InChI is InChI=1S/C15H23N3O3/c1-11(2)18(3)10-5-4-8-17-14(19)13-12(15(20)21)7-6-9-16-13/h6-7,9,11H,4-5,8,10H2,1-3H3,(H,17,19)(H,20,21). The zero-order valence-corrected chi connectivity index (χ0v) is 12.8. The Morgan fingerprint density at radius 3 is 2.71 bits per heavy atom. The average Bonchev–Trinajstić information content (AvgIpc) is 2.46. The average molecular weight is 293 g/mol. The van der Waals surface area contributed by atoms with Gasteiger partial charge in [-0.3, -0.25) is 9.78 Å². The number of pyridine rings is 1. The highest BCUT2D eigenvalue weighted by Crippen LogP contribution is 2.05. The van der Waals surface area contributed by atoms with E-state index in [1.807, 2.05) is 0 Å². The Labute approximate surface area is 125 Å². The zero-order valence-electron chi connectivity index (χ0n) is 12.8. The Balaban J connectivity index is 2.40. The van der Waals surface area contributed by atoms with Crippen LogP contribution >= 0.6 is 0 Å². The lowest BCUT2D eigenvalue weighted by molar-refractivity contribution is 0.0690. The molecule has 0 atom stereocenters. The molecule has 0 aliphatic carbocycles. The summed E-state index contributed by atoms with van der Waals surface area (Å²) in [5.74, 6) is -1.59. The minimum Gasteiger partial charge on any atom is -0.478 e. The van der Waals surface area contributed by atoms with Crippen LogP contribution in [0, 0.1) is 0 Å². The fourth-order valence-corrected chi connectivity index (χ4v) is 1.79. The number of rotatable bonds is 8. The molecule has 0 unspecified atom stereocenters. The maximum absolute atomic E-state index is 11.9. The largest absolute Gasteiger partial charge is 0.478 e. The normalized spacial score (nSPS) is 10.9. The highest BCUT2D eigenvalue weighted by molar-refractivity contribution is 6.03. The van der Waals surface area contributed by atoms with Gasteiger partial charge >= 0.3 is 5.97 Å². The fourth-order valence-electron chi connectivity index (χ4n) is 1.79. The Hall–Kier alpha value is -1.95. The minimum atomic E-state index is -1.15. The summed E-state index contributed by atoms with van der Waals surface area (Å²) >= 11 is 0. The number of unbranched alkanes of at least 4 members (excludes halogenated alkanes) is 1. The zero-order chi connectivity index (χ0) is 15.8. The molecule has 0 bridgehead atoms. The third kappa shape index (κ3) is 5.51. The Bertz CT molecular complexity index is 489. The highest BCUT2D eigenvalue weighted by Gasteiger charge is 2.16. The predicted octanol–water partition coefficient (Wildman–Crippen LogP) is 1.63. The van der Waals surface area contributed by atoms with E-state index in [1.165, 1.54) is 18.3 Å². The summed E-state index contributed by atoms with van der Waals surface area (Å²) in [4.78, 5) is 29.0. The second-order valence-corrected chi connectivity index (χ2v) is 5.24. The second-order valence-electron chi connectivity index (χ2n) is 5.24. The Morgan fingerprint density at radius 2 is 2.10 bits per heavy atom. The van der Waals surface area contributed by atoms with Crippen molar-refractivity contribution in [2.24, 2.45) is 0 Å². The number of carboxylic acids is 1. The maximum Gasteiger partial charge on any atom is 0.338 e. The summed E-state index contributed by atoms with van der Waals surface area (Å²) in [5.41, 5.74) is -0.112. The molecule has 0 saturated carbocycles. The van der Waals surface area contributed by atoms with Crippen LogP contribution in [0.25, 0.3) is 0 Å². The van der Waals surface area contributed by atoms with Gasteiger partial charge in [0, 0.05) is 18.8 Å². The number of hydrogen-bond donors (Lipinski definition) is 2. The number of carbonyl (C=O) groups is 2. The van der Waals surface area contributed by atoms with Crippen molar-refractivity contribution in [3.05, 3.63) is 29.6 Å². The van der Waals surface area contributed by atoms with Crippen LogP contribution in [0.4, 0.5) is 0 Å². The molecular weight excluding hydrogens is 270 g/mol. The lowest BCUT2D eigenvalue weighted by Crippen LogP contribution is -2.29. The summed E-state index contributed by atoms with van der Waals surface area (Å²) in [6.45, 7) is 5.75. The van der Waals surface area contributed by atoms with Crippen molar-refractivity contribution in [2.45, 2.75) is 32.7 Å². The molecule has 0 aromatic carbocycles. The van der Waals surface area contributed by atoms with Crippen molar-refractivity contribution < 1.29 is 14.7 Å². The summed E-state index contributed by atoms with van der Waals surface area (Å²) in [6, 6.07) is 3.38. The molecule has 0 saturated heterocycles. The van der Waals surface area contributed by atoms with E-state index in [0.717, 1.165) is 19.4 Å². The van der Waals surface area contributed by atoms with Crippen LogP contribution in [-0.2, 0) is 0 Å². The molecule has 1 aromatic rings. The first-order valence-electron chi connectivity index (χ1n) is 7.10. The second kappa shape index (κ2) is 8.36. The third-order valence-corrected chi connectivity index (χ3v) is 3.36. The van der Waals surface area contributed by atoms with E-state index in [2.05, 4.69) is 36.1 Å². The van der Waals surface area contributed by atoms with Gasteiger partial charge in [0.2, 0.25) is 0 Å². The molecule has 2 N–H and O–H groups in total. The molecule has 0 spiro atoms. The van der Waals surface area contributed by atoms with Gasteiger partial charge in [0.05, 0.1) is 5.56 Å². The molecule has 1 aromatic heterocycles. The number of hydrogen-bond acceptors (Lipinski definition) is 4. The molecule has 116 valence electrons. The van der Waals surface area contributed by atoms with E-state index < -0.39 is 11.9 Å². The molecule has 1 rings (SSSR count). The van der Waals surface area contributed by atoms with Gasteiger partial charge in [-0.25, -0.2) is 4.79 Å². The van der Waals surface area contributed by atoms with Gasteiger partial charge < -0.3 is 15.3 Å². The maximum atomic E-state index is 11.9. The fraction of sp³-hybridized carbons (Fsp3) is 0.533. The quantitative estimate of drug-likeness (QED) is 0.712. The van der Waals surface area contributed by atoms with Crippen LogP contribution in [0.15, 0.2) is 18.3 Å². The van der Waals surface area contributed by atoms with Crippen LogP contribution < -0.4 is 5.32 Å². The van der Waals surface area contributed by atoms with E-state index in [4.69, 9.17) is 5.11 Å². The van der Waals surface area contributed by atoms with Crippen molar-refractivity contribution in [3.8, 4) is 0 Å². The van der Waals surface area contributed by atoms with Gasteiger partial charge in [0.15, 0.2) is 0 Å². The Morgan fingerprint density at radius 1 is 1.38 bits per heavy atom. The van der Waals surface area contributed by atoms with Crippen molar-refractivity contribution >= 4 is 11.9 Å². The summed E-state index contributed by atoms with van der Waals surface area (Å²) in [6.07, 6.45) is 3.24. The molecule has 1 amide bonds. The molecule has 0 aliphatic rings. The first-order chi connectivity index (χ1) is 9.93. The molecule has 1 heterocycles. The van der Waals surface area contributed by atoms with Gasteiger partial charge in [0.1, 0.15) is 5.69 Å². The molecular formula is C15H23N3O3. The van der Waals surface area contributed by atoms with Gasteiger partial charge in [-0.15, -0.1) is 0 Å². The third-order valence-electron chi connectivity index (χ3n) is 3.36. The van der Waals surface area contributed by atoms with Crippen molar-refractivity contribution in [1.29, 1.82) is 0 Å². The molecule has 21 heavy (non-hydrogen) atoms. The van der Waals surface area contributed by atoms with E-state index in [9.17, 15) is 9.59 Å².